The highest BCUT2D eigenvalue weighted by Gasteiger charge is 2.24. The Balaban J connectivity index is 1.64. The molecule has 0 radical (unpaired) electrons. The van der Waals surface area contributed by atoms with E-state index in [4.69, 9.17) is 5.73 Å². The Kier molecular flexibility index (Phi) is 6.09. The van der Waals surface area contributed by atoms with Crippen molar-refractivity contribution in [3.8, 4) is 10.4 Å². The first-order valence-electron chi connectivity index (χ1n) is 10.2. The average molecular weight is 485 g/mol. The van der Waals surface area contributed by atoms with Crippen molar-refractivity contribution in [2.75, 3.05) is 5.32 Å². The van der Waals surface area contributed by atoms with Crippen LogP contribution in [0.1, 0.15) is 41.0 Å². The molecule has 0 saturated carbocycles. The van der Waals surface area contributed by atoms with E-state index in [2.05, 4.69) is 26.8 Å². The van der Waals surface area contributed by atoms with Crippen molar-refractivity contribution in [1.29, 1.82) is 0 Å². The molecule has 0 saturated heterocycles. The molecule has 8 nitrogen and oxygen atoms in total. The molecular weight excluding hydrogens is 462 g/mol. The van der Waals surface area contributed by atoms with Gasteiger partial charge in [-0.25, -0.2) is 19.3 Å². The third-order valence-electron chi connectivity index (χ3n) is 5.23. The fourth-order valence-electron chi connectivity index (χ4n) is 3.38. The van der Waals surface area contributed by atoms with Crippen LogP contribution in [0.2, 0.25) is 0 Å². The van der Waals surface area contributed by atoms with E-state index in [1.807, 2.05) is 13.0 Å². The van der Waals surface area contributed by atoms with Gasteiger partial charge in [-0.15, -0.1) is 16.4 Å². The number of aryl methyl sites for hydroxylation is 1. The molecule has 1 aliphatic heterocycles. The standard InChI is InChI=1S/C23H22F2N6O2S/c1-12-13(11-31-7-6-27-30-31)4-5-19(28-12)29-22-15(21(26)32)10-18(34-22)20-16(24)8-14(9-17(20)25)23(2,3)33/h4-5,7-10,30,33H,11H2,1-3H3,(H2,26,32)(H,28,29). The van der Waals surface area contributed by atoms with Crippen molar-refractivity contribution in [3.05, 3.63) is 70.6 Å². The number of pyridine rings is 1. The third-order valence-corrected chi connectivity index (χ3v) is 6.29. The van der Waals surface area contributed by atoms with E-state index in [9.17, 15) is 18.7 Å². The third kappa shape index (κ3) is 4.76. The number of amides is 1. The summed E-state index contributed by atoms with van der Waals surface area (Å²) in [5.74, 6) is 0.664. The number of aliphatic hydroxyl groups is 1. The van der Waals surface area contributed by atoms with Gasteiger partial charge in [-0.05, 0) is 56.2 Å². The summed E-state index contributed by atoms with van der Waals surface area (Å²) in [5.41, 5.74) is 8.43. The molecule has 0 aliphatic carbocycles. The summed E-state index contributed by atoms with van der Waals surface area (Å²) in [6, 6.07) is 7.09. The molecule has 0 atom stereocenters. The maximum absolute atomic E-state index is 14.8. The predicted molar refractivity (Wildman–Crippen MR) is 126 cm³/mol. The van der Waals surface area contributed by atoms with Gasteiger partial charge in [-0.1, -0.05) is 6.07 Å². The zero-order chi connectivity index (χ0) is 24.6. The van der Waals surface area contributed by atoms with Crippen LogP contribution in [-0.2, 0) is 12.1 Å². The Labute approximate surface area is 198 Å². The lowest BCUT2D eigenvalue weighted by Crippen LogP contribution is -2.25. The largest absolute Gasteiger partial charge is 0.386 e. The number of aromatic nitrogens is 1. The van der Waals surface area contributed by atoms with Crippen molar-refractivity contribution >= 4 is 33.9 Å². The van der Waals surface area contributed by atoms with Crippen LogP contribution in [0.3, 0.4) is 0 Å². The zero-order valence-corrected chi connectivity index (χ0v) is 19.4. The van der Waals surface area contributed by atoms with Crippen LogP contribution in [0.25, 0.3) is 10.4 Å². The van der Waals surface area contributed by atoms with Crippen LogP contribution >= 0.6 is 11.3 Å². The van der Waals surface area contributed by atoms with Crippen LogP contribution in [-0.4, -0.2) is 26.9 Å². The second kappa shape index (κ2) is 8.86. The van der Waals surface area contributed by atoms with Gasteiger partial charge in [-0.2, -0.15) is 0 Å². The Morgan fingerprint density at radius 1 is 1.29 bits per heavy atom. The number of benzene rings is 1. The van der Waals surface area contributed by atoms with Gasteiger partial charge in [0.15, 0.2) is 0 Å². The van der Waals surface area contributed by atoms with Gasteiger partial charge in [0, 0.05) is 16.4 Å². The molecule has 0 unspecified atom stereocenters. The summed E-state index contributed by atoms with van der Waals surface area (Å²) < 4.78 is 29.7. The van der Waals surface area contributed by atoms with Gasteiger partial charge >= 0.3 is 0 Å². The number of nitrogens with two attached hydrogens (primary N) is 1. The van der Waals surface area contributed by atoms with Crippen LogP contribution in [0.4, 0.5) is 19.6 Å². The quantitative estimate of drug-likeness (QED) is 0.405. The molecule has 3 heterocycles. The lowest BCUT2D eigenvalue weighted by atomic mass is 9.96. The lowest BCUT2D eigenvalue weighted by Gasteiger charge is -2.18. The number of halogens is 2. The predicted octanol–water partition coefficient (Wildman–Crippen LogP) is 3.89. The minimum atomic E-state index is -1.41. The minimum absolute atomic E-state index is 0.0810. The van der Waals surface area contributed by atoms with E-state index in [1.165, 1.54) is 19.9 Å². The number of primary amides is 1. The molecule has 1 aliphatic rings. The number of hydrogen-bond donors (Lipinski definition) is 4. The van der Waals surface area contributed by atoms with E-state index >= 15 is 0 Å². The summed E-state index contributed by atoms with van der Waals surface area (Å²) in [4.78, 5) is 16.7. The highest BCUT2D eigenvalue weighted by Crippen LogP contribution is 2.40. The molecule has 0 bridgehead atoms. The number of carbonyl (C=O) groups is 1. The number of nitrogens with zero attached hydrogens (tertiary/aromatic N) is 3. The molecule has 34 heavy (non-hydrogen) atoms. The molecular formula is C23H22F2N6O2S. The van der Waals surface area contributed by atoms with Gasteiger partial charge in [0.2, 0.25) is 0 Å². The monoisotopic (exact) mass is 484 g/mol. The van der Waals surface area contributed by atoms with Crippen molar-refractivity contribution in [1.82, 2.24) is 15.5 Å². The highest BCUT2D eigenvalue weighted by atomic mass is 32.1. The molecule has 2 aromatic heterocycles. The fourth-order valence-corrected chi connectivity index (χ4v) is 4.50. The summed E-state index contributed by atoms with van der Waals surface area (Å²) in [6.07, 6.45) is 1.67. The Hall–Kier alpha value is -3.79. The number of hydrazine groups is 1. The van der Waals surface area contributed by atoms with Gasteiger partial charge in [0.05, 0.1) is 29.5 Å². The second-order valence-corrected chi connectivity index (χ2v) is 9.31. The van der Waals surface area contributed by atoms with Crippen molar-refractivity contribution in [2.24, 2.45) is 10.8 Å². The van der Waals surface area contributed by atoms with E-state index < -0.39 is 23.1 Å². The maximum atomic E-state index is 14.8. The van der Waals surface area contributed by atoms with Crippen molar-refractivity contribution < 1.29 is 18.7 Å². The maximum Gasteiger partial charge on any atom is 0.251 e. The summed E-state index contributed by atoms with van der Waals surface area (Å²) in [7, 11) is 0. The van der Waals surface area contributed by atoms with E-state index in [0.29, 0.717) is 17.4 Å². The van der Waals surface area contributed by atoms with Gasteiger partial charge < -0.3 is 16.2 Å². The van der Waals surface area contributed by atoms with Crippen LogP contribution in [0.5, 0.6) is 0 Å². The molecule has 0 spiro atoms. The molecule has 3 aromatic rings. The van der Waals surface area contributed by atoms with E-state index in [1.54, 1.807) is 17.3 Å². The van der Waals surface area contributed by atoms with Crippen LogP contribution < -0.4 is 16.6 Å². The second-order valence-electron chi connectivity index (χ2n) is 8.26. The van der Waals surface area contributed by atoms with Crippen molar-refractivity contribution in [2.45, 2.75) is 32.9 Å². The first kappa shape index (κ1) is 23.4. The Morgan fingerprint density at radius 2 is 2.00 bits per heavy atom. The van der Waals surface area contributed by atoms with Crippen LogP contribution in [0.15, 0.2) is 41.6 Å². The number of anilines is 2. The number of hydrogen-bond acceptors (Lipinski definition) is 8. The van der Waals surface area contributed by atoms with Gasteiger partial charge in [-0.3, -0.25) is 9.80 Å². The summed E-state index contributed by atoms with van der Waals surface area (Å²) in [6.45, 7) is 5.23. The van der Waals surface area contributed by atoms with Crippen molar-refractivity contribution in [3.63, 3.8) is 0 Å². The number of hydrazone groups is 1. The summed E-state index contributed by atoms with van der Waals surface area (Å²) in [5, 5.41) is 18.9. The highest BCUT2D eigenvalue weighted by molar-refractivity contribution is 7.20. The lowest BCUT2D eigenvalue weighted by molar-refractivity contribution is 0.0778. The molecule has 176 valence electrons. The van der Waals surface area contributed by atoms with Gasteiger partial charge in [0.25, 0.3) is 5.91 Å². The summed E-state index contributed by atoms with van der Waals surface area (Å²) >= 11 is 0.975. The minimum Gasteiger partial charge on any atom is -0.386 e. The average Bonchev–Trinajstić information content (AvgIpc) is 3.39. The van der Waals surface area contributed by atoms with E-state index in [-0.39, 0.29) is 21.6 Å². The SMILES string of the molecule is Cc1nc(Nc2sc(-c3c(F)cc(C(C)(C)O)cc3F)cc2C(N)=O)ccc1CN1C=C=NN1. The van der Waals surface area contributed by atoms with Crippen LogP contribution in [0, 0.1) is 18.6 Å². The topological polar surface area (TPSA) is 116 Å². The smallest absolute Gasteiger partial charge is 0.251 e. The Morgan fingerprint density at radius 3 is 2.56 bits per heavy atom. The Bertz CT molecular complexity index is 1320. The first-order chi connectivity index (χ1) is 16.0. The number of rotatable bonds is 7. The number of thiophene rings is 1. The molecule has 1 amide bonds. The molecule has 1 aromatic carbocycles. The van der Waals surface area contributed by atoms with Gasteiger partial charge in [0.1, 0.15) is 22.5 Å². The molecule has 0 fully saturated rings. The molecule has 11 heteroatoms. The molecule has 5 N–H and O–H groups in total. The molecule has 4 rings (SSSR count). The first-order valence-corrected chi connectivity index (χ1v) is 11.0. The number of carbonyl (C=O) groups excluding carboxylic acids is 1. The van der Waals surface area contributed by atoms with E-state index in [0.717, 1.165) is 34.7 Å². The fraction of sp³-hybridized carbons (Fsp3) is 0.217. The zero-order valence-electron chi connectivity index (χ0n) is 18.6. The number of nitrogens with one attached hydrogen (secondary N) is 2. The normalized spacial score (nSPS) is 12.8.